The Labute approximate surface area is 190 Å². The maximum absolute atomic E-state index is 13.0. The van der Waals surface area contributed by atoms with Crippen LogP contribution >= 0.6 is 11.6 Å². The van der Waals surface area contributed by atoms with Crippen LogP contribution in [0.4, 0.5) is 0 Å². The van der Waals surface area contributed by atoms with E-state index in [0.29, 0.717) is 35.0 Å². The Balaban J connectivity index is 1.26. The molecule has 0 N–H and O–H groups in total. The summed E-state index contributed by atoms with van der Waals surface area (Å²) in [5, 5.41) is 0.835. The van der Waals surface area contributed by atoms with Crippen LogP contribution in [0.1, 0.15) is 23.4 Å². The molecular formula is C25H22ClN3O3. The van der Waals surface area contributed by atoms with Gasteiger partial charge < -0.3 is 13.9 Å². The molecule has 2 aromatic heterocycles. The topological polar surface area (TPSA) is 68.3 Å². The van der Waals surface area contributed by atoms with Crippen LogP contribution in [-0.2, 0) is 6.54 Å². The molecule has 3 heterocycles. The number of imidazole rings is 1. The second-order valence-corrected chi connectivity index (χ2v) is 8.56. The highest BCUT2D eigenvalue weighted by Crippen LogP contribution is 2.25. The van der Waals surface area contributed by atoms with E-state index in [1.54, 1.807) is 23.1 Å². The van der Waals surface area contributed by atoms with E-state index in [0.717, 1.165) is 30.8 Å². The average Bonchev–Trinajstić information content (AvgIpc) is 3.28. The van der Waals surface area contributed by atoms with Gasteiger partial charge in [-0.25, -0.2) is 4.98 Å². The van der Waals surface area contributed by atoms with Crippen LogP contribution in [0.15, 0.2) is 76.2 Å². The number of carbonyl (C=O) groups excluding carboxylic acids is 1. The maximum atomic E-state index is 13.0. The Morgan fingerprint density at radius 1 is 1.09 bits per heavy atom. The Morgan fingerprint density at radius 2 is 1.88 bits per heavy atom. The molecule has 32 heavy (non-hydrogen) atoms. The minimum atomic E-state index is -0.263. The Morgan fingerprint density at radius 3 is 2.66 bits per heavy atom. The molecule has 0 radical (unpaired) electrons. The molecule has 0 spiro atoms. The van der Waals surface area contributed by atoms with Crippen LogP contribution in [-0.4, -0.2) is 33.4 Å². The van der Waals surface area contributed by atoms with Gasteiger partial charge in [0.15, 0.2) is 11.2 Å². The van der Waals surface area contributed by atoms with Crippen LogP contribution in [0.5, 0.6) is 0 Å². The third-order valence-electron chi connectivity index (χ3n) is 6.00. The molecule has 7 heteroatoms. The zero-order valence-corrected chi connectivity index (χ0v) is 18.2. The summed E-state index contributed by atoms with van der Waals surface area (Å²) < 4.78 is 7.91. The van der Waals surface area contributed by atoms with Gasteiger partial charge in [0, 0.05) is 48.7 Å². The highest BCUT2D eigenvalue weighted by Gasteiger charge is 2.26. The van der Waals surface area contributed by atoms with Crippen LogP contribution < -0.4 is 5.43 Å². The Hall–Kier alpha value is -3.38. The second kappa shape index (κ2) is 8.63. The van der Waals surface area contributed by atoms with Crippen LogP contribution in [0.25, 0.3) is 22.4 Å². The lowest BCUT2D eigenvalue weighted by Crippen LogP contribution is -2.39. The predicted molar refractivity (Wildman–Crippen MR) is 124 cm³/mol. The smallest absolute Gasteiger partial charge is 0.289 e. The third-order valence-corrected chi connectivity index (χ3v) is 6.24. The molecule has 4 aromatic rings. The number of hydrogen-bond donors (Lipinski definition) is 0. The van der Waals surface area contributed by atoms with Gasteiger partial charge in [0.2, 0.25) is 0 Å². The Bertz CT molecular complexity index is 1320. The van der Waals surface area contributed by atoms with Gasteiger partial charge in [-0.15, -0.1) is 0 Å². The number of halogens is 1. The van der Waals surface area contributed by atoms with E-state index in [4.69, 9.17) is 16.0 Å². The first-order valence-electron chi connectivity index (χ1n) is 10.7. The van der Waals surface area contributed by atoms with Crippen molar-refractivity contribution >= 4 is 28.5 Å². The van der Waals surface area contributed by atoms with Crippen molar-refractivity contribution in [2.24, 2.45) is 5.92 Å². The quantitative estimate of drug-likeness (QED) is 0.448. The molecular weight excluding hydrogens is 426 g/mol. The number of nitrogens with zero attached hydrogens (tertiary/aromatic N) is 3. The molecule has 0 saturated carbocycles. The van der Waals surface area contributed by atoms with Crippen molar-refractivity contribution in [1.82, 2.24) is 14.5 Å². The van der Waals surface area contributed by atoms with Gasteiger partial charge in [-0.3, -0.25) is 9.59 Å². The zero-order chi connectivity index (χ0) is 22.1. The first-order valence-corrected chi connectivity index (χ1v) is 11.1. The molecule has 1 amide bonds. The summed E-state index contributed by atoms with van der Waals surface area (Å²) in [4.78, 5) is 31.7. The lowest BCUT2D eigenvalue weighted by Gasteiger charge is -2.32. The van der Waals surface area contributed by atoms with E-state index >= 15 is 0 Å². The van der Waals surface area contributed by atoms with Gasteiger partial charge in [0.1, 0.15) is 11.4 Å². The third kappa shape index (κ3) is 4.06. The normalized spacial score (nSPS) is 14.7. The molecule has 0 aliphatic carbocycles. The Kier molecular flexibility index (Phi) is 5.53. The fraction of sp³-hybridized carbons (Fsp3) is 0.240. The molecule has 0 atom stereocenters. The summed E-state index contributed by atoms with van der Waals surface area (Å²) in [5.41, 5.74) is 1.20. The second-order valence-electron chi connectivity index (χ2n) is 8.12. The van der Waals surface area contributed by atoms with Crippen molar-refractivity contribution in [3.63, 3.8) is 0 Å². The highest BCUT2D eigenvalue weighted by atomic mass is 35.5. The molecule has 6 nitrogen and oxygen atoms in total. The summed E-state index contributed by atoms with van der Waals surface area (Å²) in [7, 11) is 0. The number of carbonyl (C=O) groups is 1. The molecule has 0 bridgehead atoms. The molecule has 5 rings (SSSR count). The van der Waals surface area contributed by atoms with Gasteiger partial charge in [0.25, 0.3) is 5.91 Å². The van der Waals surface area contributed by atoms with E-state index in [9.17, 15) is 9.59 Å². The molecule has 162 valence electrons. The van der Waals surface area contributed by atoms with Gasteiger partial charge in [0.05, 0.1) is 5.39 Å². The summed E-state index contributed by atoms with van der Waals surface area (Å²) in [6.07, 6.45) is 5.60. The predicted octanol–water partition coefficient (Wildman–Crippen LogP) is 4.86. The first kappa shape index (κ1) is 20.5. The SMILES string of the molecule is O=C(c1cc(=O)c2cc(Cl)ccc2o1)N1CCC(Cn2ccnc2-c2ccccc2)CC1. The number of rotatable bonds is 4. The summed E-state index contributed by atoms with van der Waals surface area (Å²) in [5.74, 6) is 1.23. The zero-order valence-electron chi connectivity index (χ0n) is 17.4. The number of hydrogen-bond acceptors (Lipinski definition) is 4. The van der Waals surface area contributed by atoms with Crippen molar-refractivity contribution in [2.45, 2.75) is 19.4 Å². The molecule has 0 unspecified atom stereocenters. The lowest BCUT2D eigenvalue weighted by molar-refractivity contribution is 0.0651. The number of benzene rings is 2. The van der Waals surface area contributed by atoms with E-state index in [1.807, 2.05) is 30.6 Å². The number of amides is 1. The van der Waals surface area contributed by atoms with E-state index in [1.165, 1.54) is 6.07 Å². The largest absolute Gasteiger partial charge is 0.451 e. The van der Waals surface area contributed by atoms with Gasteiger partial charge >= 0.3 is 0 Å². The van der Waals surface area contributed by atoms with Crippen LogP contribution in [0.2, 0.25) is 5.02 Å². The molecule has 1 saturated heterocycles. The van der Waals surface area contributed by atoms with Crippen molar-refractivity contribution in [3.05, 3.63) is 88.0 Å². The number of aromatic nitrogens is 2. The molecule has 2 aromatic carbocycles. The first-order chi connectivity index (χ1) is 15.6. The molecule has 1 aliphatic heterocycles. The summed E-state index contributed by atoms with van der Waals surface area (Å²) in [6, 6.07) is 16.2. The number of piperidine rings is 1. The van der Waals surface area contributed by atoms with E-state index in [-0.39, 0.29) is 17.1 Å². The maximum Gasteiger partial charge on any atom is 0.289 e. The van der Waals surface area contributed by atoms with Gasteiger partial charge in [-0.1, -0.05) is 41.9 Å². The van der Waals surface area contributed by atoms with Gasteiger partial charge in [-0.2, -0.15) is 0 Å². The minimum absolute atomic E-state index is 0.0734. The summed E-state index contributed by atoms with van der Waals surface area (Å²) >= 11 is 5.96. The lowest BCUT2D eigenvalue weighted by atomic mass is 9.96. The van der Waals surface area contributed by atoms with Crippen molar-refractivity contribution in [3.8, 4) is 11.4 Å². The van der Waals surface area contributed by atoms with Crippen LogP contribution in [0.3, 0.4) is 0 Å². The summed E-state index contributed by atoms with van der Waals surface area (Å²) in [6.45, 7) is 2.11. The number of fused-ring (bicyclic) bond motifs is 1. The average molecular weight is 448 g/mol. The van der Waals surface area contributed by atoms with Crippen molar-refractivity contribution in [1.29, 1.82) is 0 Å². The molecule has 1 fully saturated rings. The van der Waals surface area contributed by atoms with Gasteiger partial charge in [-0.05, 0) is 37.0 Å². The monoisotopic (exact) mass is 447 g/mol. The highest BCUT2D eigenvalue weighted by molar-refractivity contribution is 6.31. The van der Waals surface area contributed by atoms with Crippen molar-refractivity contribution in [2.75, 3.05) is 13.1 Å². The minimum Gasteiger partial charge on any atom is -0.451 e. The molecule has 1 aliphatic rings. The van der Waals surface area contributed by atoms with Crippen molar-refractivity contribution < 1.29 is 9.21 Å². The van der Waals surface area contributed by atoms with Crippen LogP contribution in [0, 0.1) is 5.92 Å². The van der Waals surface area contributed by atoms with E-state index < -0.39 is 0 Å². The van der Waals surface area contributed by atoms with E-state index in [2.05, 4.69) is 21.7 Å². The number of likely N-dealkylation sites (tertiary alicyclic amines) is 1. The fourth-order valence-electron chi connectivity index (χ4n) is 4.29. The standard InChI is InChI=1S/C25H22ClN3O3/c26-19-6-7-22-20(14-19)21(30)15-23(32-22)25(31)28-11-8-17(9-12-28)16-29-13-10-27-24(29)18-4-2-1-3-5-18/h1-7,10,13-15,17H,8-9,11-12,16H2. The fourth-order valence-corrected chi connectivity index (χ4v) is 4.46.